The number of carbonyl (C=O) groups is 1. The van der Waals surface area contributed by atoms with Crippen molar-refractivity contribution < 1.29 is 4.79 Å². The molecule has 4 N–H and O–H groups in total. The van der Waals surface area contributed by atoms with Crippen LogP contribution in [0.15, 0.2) is 18.5 Å². The van der Waals surface area contributed by atoms with Gasteiger partial charge >= 0.3 is 0 Å². The van der Waals surface area contributed by atoms with Gasteiger partial charge in [0.25, 0.3) is 5.91 Å². The summed E-state index contributed by atoms with van der Waals surface area (Å²) < 4.78 is 1.59. The second-order valence-corrected chi connectivity index (χ2v) is 3.03. The van der Waals surface area contributed by atoms with Gasteiger partial charge in [-0.3, -0.25) is 14.6 Å². The number of anilines is 2. The quantitative estimate of drug-likeness (QED) is 0.642. The molecule has 7 heteroatoms. The Kier molecular flexibility index (Phi) is 2.13. The third-order valence-electron chi connectivity index (χ3n) is 1.87. The van der Waals surface area contributed by atoms with Crippen molar-refractivity contribution in [2.75, 3.05) is 11.1 Å². The van der Waals surface area contributed by atoms with E-state index in [4.69, 9.17) is 5.73 Å². The molecule has 0 spiro atoms. The number of nitrogens with two attached hydrogens (primary N) is 1. The van der Waals surface area contributed by atoms with Crippen molar-refractivity contribution in [2.24, 2.45) is 7.05 Å². The highest BCUT2D eigenvalue weighted by molar-refractivity contribution is 6.06. The van der Waals surface area contributed by atoms with Crippen LogP contribution in [0.5, 0.6) is 0 Å². The van der Waals surface area contributed by atoms with E-state index >= 15 is 0 Å². The van der Waals surface area contributed by atoms with Crippen LogP contribution in [-0.2, 0) is 7.05 Å². The Morgan fingerprint density at radius 3 is 3.00 bits per heavy atom. The molecule has 0 fully saturated rings. The molecule has 0 bridgehead atoms. The number of hydrogen-bond donors (Lipinski definition) is 3. The van der Waals surface area contributed by atoms with Crippen LogP contribution in [0.2, 0.25) is 0 Å². The topological polar surface area (TPSA) is 102 Å². The van der Waals surface area contributed by atoms with E-state index in [1.54, 1.807) is 24.0 Å². The number of nitrogens with zero attached hydrogens (tertiary/aromatic N) is 3. The van der Waals surface area contributed by atoms with Crippen LogP contribution >= 0.6 is 0 Å². The zero-order valence-electron chi connectivity index (χ0n) is 8.06. The van der Waals surface area contributed by atoms with Crippen LogP contribution in [-0.4, -0.2) is 25.9 Å². The molecule has 0 aliphatic carbocycles. The van der Waals surface area contributed by atoms with E-state index in [9.17, 15) is 4.79 Å². The molecule has 0 aromatic carbocycles. The van der Waals surface area contributed by atoms with Gasteiger partial charge in [-0.1, -0.05) is 0 Å². The summed E-state index contributed by atoms with van der Waals surface area (Å²) in [6, 6.07) is 1.69. The van der Waals surface area contributed by atoms with Gasteiger partial charge in [-0.25, -0.2) is 0 Å². The molecule has 2 heterocycles. The standard InChI is InChI=1S/C8H10N6O/c1-14-3-2-6(13-14)11-8(15)5-4-10-12-7(5)9/h2-4H,1H3,(H3,9,10,12)(H,11,13,15). The molecule has 78 valence electrons. The lowest BCUT2D eigenvalue weighted by Gasteiger charge is -1.99. The monoisotopic (exact) mass is 206 g/mol. The number of H-pyrrole nitrogens is 1. The first-order chi connectivity index (χ1) is 7.16. The predicted octanol–water partition coefficient (Wildman–Crippen LogP) is -0.0223. The smallest absolute Gasteiger partial charge is 0.262 e. The van der Waals surface area contributed by atoms with Crippen LogP contribution in [0, 0.1) is 0 Å². The van der Waals surface area contributed by atoms with Crippen molar-refractivity contribution >= 4 is 17.5 Å². The first kappa shape index (κ1) is 9.25. The summed E-state index contributed by atoms with van der Waals surface area (Å²) in [5.41, 5.74) is 5.80. The van der Waals surface area contributed by atoms with Gasteiger partial charge in [-0.05, 0) is 0 Å². The number of hydrogen-bond acceptors (Lipinski definition) is 4. The maximum absolute atomic E-state index is 11.6. The molecule has 0 aliphatic heterocycles. The summed E-state index contributed by atoms with van der Waals surface area (Å²) in [5.74, 6) is 0.381. The van der Waals surface area contributed by atoms with E-state index in [-0.39, 0.29) is 11.7 Å². The first-order valence-electron chi connectivity index (χ1n) is 4.26. The SMILES string of the molecule is Cn1ccc(NC(=O)c2cn[nH]c2N)n1. The maximum atomic E-state index is 11.6. The first-order valence-corrected chi connectivity index (χ1v) is 4.26. The summed E-state index contributed by atoms with van der Waals surface area (Å²) in [7, 11) is 1.77. The number of aromatic amines is 1. The molecular weight excluding hydrogens is 196 g/mol. The van der Waals surface area contributed by atoms with Crippen molar-refractivity contribution in [3.05, 3.63) is 24.0 Å². The Labute approximate surface area is 85.3 Å². The van der Waals surface area contributed by atoms with Crippen molar-refractivity contribution in [3.63, 3.8) is 0 Å². The van der Waals surface area contributed by atoms with Crippen molar-refractivity contribution in [1.82, 2.24) is 20.0 Å². The van der Waals surface area contributed by atoms with Gasteiger partial charge < -0.3 is 11.1 Å². The molecule has 2 rings (SSSR count). The number of rotatable bonds is 2. The molecule has 15 heavy (non-hydrogen) atoms. The number of aryl methyl sites for hydroxylation is 1. The molecule has 0 unspecified atom stereocenters. The lowest BCUT2D eigenvalue weighted by atomic mass is 10.3. The number of carbonyl (C=O) groups excluding carboxylic acids is 1. The zero-order chi connectivity index (χ0) is 10.8. The van der Waals surface area contributed by atoms with Gasteiger partial charge in [0.15, 0.2) is 5.82 Å². The van der Waals surface area contributed by atoms with Crippen LogP contribution in [0.4, 0.5) is 11.6 Å². The Morgan fingerprint density at radius 2 is 2.47 bits per heavy atom. The highest BCUT2D eigenvalue weighted by Gasteiger charge is 2.12. The minimum absolute atomic E-state index is 0.239. The van der Waals surface area contributed by atoms with Crippen LogP contribution in [0.1, 0.15) is 10.4 Å². The molecule has 2 aromatic rings. The van der Waals surface area contributed by atoms with Crippen LogP contribution in [0.3, 0.4) is 0 Å². The lowest BCUT2D eigenvalue weighted by molar-refractivity contribution is 0.102. The van der Waals surface area contributed by atoms with Gasteiger partial charge in [-0.2, -0.15) is 10.2 Å². The summed E-state index contributed by atoms with van der Waals surface area (Å²) in [5, 5.41) is 12.7. The second-order valence-electron chi connectivity index (χ2n) is 3.03. The van der Waals surface area contributed by atoms with Crippen LogP contribution in [0.25, 0.3) is 0 Å². The minimum Gasteiger partial charge on any atom is -0.383 e. The Hall–Kier alpha value is -2.31. The largest absolute Gasteiger partial charge is 0.383 e. The van der Waals surface area contributed by atoms with E-state index in [0.29, 0.717) is 11.4 Å². The normalized spacial score (nSPS) is 10.2. The summed E-state index contributed by atoms with van der Waals surface area (Å²) >= 11 is 0. The van der Waals surface area contributed by atoms with E-state index < -0.39 is 0 Å². The highest BCUT2D eigenvalue weighted by atomic mass is 16.1. The molecule has 0 radical (unpaired) electrons. The third-order valence-corrected chi connectivity index (χ3v) is 1.87. The van der Waals surface area contributed by atoms with Gasteiger partial charge in [0.2, 0.25) is 0 Å². The molecule has 0 saturated carbocycles. The maximum Gasteiger partial charge on any atom is 0.262 e. The number of amides is 1. The molecular formula is C8H10N6O. The van der Waals surface area contributed by atoms with E-state index in [2.05, 4.69) is 20.6 Å². The van der Waals surface area contributed by atoms with Gasteiger partial charge in [-0.15, -0.1) is 0 Å². The zero-order valence-corrected chi connectivity index (χ0v) is 8.06. The number of nitrogen functional groups attached to an aromatic ring is 1. The second kappa shape index (κ2) is 3.45. The Morgan fingerprint density at radius 1 is 1.67 bits per heavy atom. The molecule has 7 nitrogen and oxygen atoms in total. The predicted molar refractivity (Wildman–Crippen MR) is 54.2 cm³/mol. The molecule has 2 aromatic heterocycles. The van der Waals surface area contributed by atoms with Crippen molar-refractivity contribution in [3.8, 4) is 0 Å². The van der Waals surface area contributed by atoms with Crippen molar-refractivity contribution in [1.29, 1.82) is 0 Å². The minimum atomic E-state index is -0.333. The van der Waals surface area contributed by atoms with E-state index in [1.165, 1.54) is 6.20 Å². The van der Waals surface area contributed by atoms with Gasteiger partial charge in [0.1, 0.15) is 11.4 Å². The summed E-state index contributed by atoms with van der Waals surface area (Å²) in [4.78, 5) is 11.6. The number of aromatic nitrogens is 4. The van der Waals surface area contributed by atoms with Crippen LogP contribution < -0.4 is 11.1 Å². The fourth-order valence-electron chi connectivity index (χ4n) is 1.14. The van der Waals surface area contributed by atoms with Gasteiger partial charge in [0.05, 0.1) is 6.20 Å². The highest BCUT2D eigenvalue weighted by Crippen LogP contribution is 2.09. The third kappa shape index (κ3) is 1.80. The molecule has 0 aliphatic rings. The fourth-order valence-corrected chi connectivity index (χ4v) is 1.14. The number of nitrogens with one attached hydrogen (secondary N) is 2. The van der Waals surface area contributed by atoms with Gasteiger partial charge in [0, 0.05) is 19.3 Å². The Balaban J connectivity index is 2.14. The summed E-state index contributed by atoms with van der Waals surface area (Å²) in [6.45, 7) is 0. The summed E-state index contributed by atoms with van der Waals surface area (Å²) in [6.07, 6.45) is 3.10. The molecule has 0 atom stereocenters. The van der Waals surface area contributed by atoms with E-state index in [1.807, 2.05) is 0 Å². The Bertz CT molecular complexity index is 485. The average Bonchev–Trinajstić information content (AvgIpc) is 2.75. The van der Waals surface area contributed by atoms with E-state index in [0.717, 1.165) is 0 Å². The average molecular weight is 206 g/mol. The molecule has 0 saturated heterocycles. The fraction of sp³-hybridized carbons (Fsp3) is 0.125. The lowest BCUT2D eigenvalue weighted by Crippen LogP contribution is -2.13. The molecule has 1 amide bonds. The van der Waals surface area contributed by atoms with Crippen molar-refractivity contribution in [2.45, 2.75) is 0 Å².